The van der Waals surface area contributed by atoms with E-state index in [0.29, 0.717) is 25.1 Å². The molecule has 0 N–H and O–H groups in total. The van der Waals surface area contributed by atoms with Crippen LogP contribution in [0.2, 0.25) is 0 Å². The van der Waals surface area contributed by atoms with Crippen LogP contribution in [-0.4, -0.2) is 43.3 Å². The van der Waals surface area contributed by atoms with Crippen molar-refractivity contribution in [2.75, 3.05) is 18.8 Å². The van der Waals surface area contributed by atoms with E-state index in [-0.39, 0.29) is 34.9 Å². The van der Waals surface area contributed by atoms with Crippen LogP contribution < -0.4 is 5.63 Å². The molecule has 29 heavy (non-hydrogen) atoms. The molecule has 0 atom stereocenters. The summed E-state index contributed by atoms with van der Waals surface area (Å²) in [6.07, 6.45) is 2.44. The van der Waals surface area contributed by atoms with Crippen molar-refractivity contribution >= 4 is 26.7 Å². The average molecular weight is 420 g/mol. The molecule has 0 saturated carbocycles. The number of amides is 1. The van der Waals surface area contributed by atoms with Crippen LogP contribution in [0.5, 0.6) is 0 Å². The maximum absolute atomic E-state index is 12.8. The van der Waals surface area contributed by atoms with Crippen molar-refractivity contribution in [2.45, 2.75) is 51.7 Å². The van der Waals surface area contributed by atoms with E-state index in [4.69, 9.17) is 4.42 Å². The highest BCUT2D eigenvalue weighted by Crippen LogP contribution is 2.24. The van der Waals surface area contributed by atoms with Gasteiger partial charge in [0.1, 0.15) is 5.58 Å². The number of nitrogens with zero attached hydrogens (tertiary/aromatic N) is 1. The Bertz CT molecular complexity index is 1050. The Kier molecular flexibility index (Phi) is 6.46. The Morgan fingerprint density at radius 2 is 1.90 bits per heavy atom. The van der Waals surface area contributed by atoms with Crippen LogP contribution >= 0.6 is 0 Å². The summed E-state index contributed by atoms with van der Waals surface area (Å²) in [4.78, 5) is 26.1. The number of piperidine rings is 1. The molecule has 0 bridgehead atoms. The van der Waals surface area contributed by atoms with Crippen LogP contribution in [0.4, 0.5) is 0 Å². The second-order valence-electron chi connectivity index (χ2n) is 8.16. The molecule has 1 saturated heterocycles. The van der Waals surface area contributed by atoms with Crippen LogP contribution in [0.25, 0.3) is 11.0 Å². The van der Waals surface area contributed by atoms with Gasteiger partial charge in [-0.3, -0.25) is 4.79 Å². The standard InChI is InChI=1S/C22H29NO5S/c1-4-18-11-17(12-19-5-6-21(25)28-22(18)19)13-20(24)23-9-7-16(8-10-23)14-29(26,27)15(2)3/h5-6,11-12,15-16H,4,7-10,13-14H2,1-3H3. The number of hydrogen-bond acceptors (Lipinski definition) is 5. The molecule has 0 radical (unpaired) electrons. The minimum Gasteiger partial charge on any atom is -0.422 e. The van der Waals surface area contributed by atoms with Gasteiger partial charge in [0.15, 0.2) is 9.84 Å². The largest absolute Gasteiger partial charge is 0.422 e. The molecule has 2 heterocycles. The second-order valence-corrected chi connectivity index (χ2v) is 10.8. The van der Waals surface area contributed by atoms with Crippen LogP contribution in [0.15, 0.2) is 33.5 Å². The van der Waals surface area contributed by atoms with Crippen molar-refractivity contribution in [1.29, 1.82) is 0 Å². The summed E-state index contributed by atoms with van der Waals surface area (Å²) in [5.74, 6) is 0.387. The van der Waals surface area contributed by atoms with Gasteiger partial charge in [-0.05, 0) is 62.3 Å². The zero-order valence-electron chi connectivity index (χ0n) is 17.3. The molecule has 3 rings (SSSR count). The van der Waals surface area contributed by atoms with E-state index >= 15 is 0 Å². The summed E-state index contributed by atoms with van der Waals surface area (Å²) in [7, 11) is -3.05. The lowest BCUT2D eigenvalue weighted by molar-refractivity contribution is -0.131. The first-order chi connectivity index (χ1) is 13.7. The SMILES string of the molecule is CCc1cc(CC(=O)N2CCC(CS(=O)(=O)C(C)C)CC2)cc2ccc(=O)oc12. The van der Waals surface area contributed by atoms with Gasteiger partial charge >= 0.3 is 5.63 Å². The summed E-state index contributed by atoms with van der Waals surface area (Å²) in [5, 5.41) is 0.469. The molecule has 1 aromatic heterocycles. The van der Waals surface area contributed by atoms with E-state index in [1.54, 1.807) is 19.9 Å². The highest BCUT2D eigenvalue weighted by Gasteiger charge is 2.28. The monoisotopic (exact) mass is 419 g/mol. The highest BCUT2D eigenvalue weighted by atomic mass is 32.2. The van der Waals surface area contributed by atoms with Gasteiger partial charge in [0.05, 0.1) is 17.4 Å². The fourth-order valence-electron chi connectivity index (χ4n) is 3.84. The molecule has 2 aromatic rings. The lowest BCUT2D eigenvalue weighted by atomic mass is 9.97. The van der Waals surface area contributed by atoms with E-state index in [1.165, 1.54) is 6.07 Å². The first-order valence-corrected chi connectivity index (χ1v) is 12.0. The van der Waals surface area contributed by atoms with Gasteiger partial charge in [0.2, 0.25) is 5.91 Å². The van der Waals surface area contributed by atoms with Crippen molar-refractivity contribution in [3.8, 4) is 0 Å². The number of carbonyl (C=O) groups is 1. The third-order valence-electron chi connectivity index (χ3n) is 5.75. The molecule has 1 aliphatic rings. The Labute approximate surface area is 171 Å². The maximum Gasteiger partial charge on any atom is 0.336 e. The molecular formula is C22H29NO5S. The number of sulfone groups is 1. The average Bonchev–Trinajstić information content (AvgIpc) is 2.67. The molecule has 1 aliphatic heterocycles. The third-order valence-corrected chi connectivity index (χ3v) is 8.12. The molecular weight excluding hydrogens is 390 g/mol. The summed E-state index contributed by atoms with van der Waals surface area (Å²) in [6, 6.07) is 6.96. The molecule has 0 spiro atoms. The molecule has 1 amide bonds. The quantitative estimate of drug-likeness (QED) is 0.672. The number of carbonyl (C=O) groups excluding carboxylic acids is 1. The van der Waals surface area contributed by atoms with Crippen LogP contribution in [0.3, 0.4) is 0 Å². The van der Waals surface area contributed by atoms with E-state index in [2.05, 4.69) is 0 Å². The highest BCUT2D eigenvalue weighted by molar-refractivity contribution is 7.91. The van der Waals surface area contributed by atoms with Crippen molar-refractivity contribution in [3.05, 3.63) is 45.8 Å². The van der Waals surface area contributed by atoms with Gasteiger partial charge < -0.3 is 9.32 Å². The second kappa shape index (κ2) is 8.69. The predicted molar refractivity (Wildman–Crippen MR) is 114 cm³/mol. The molecule has 7 heteroatoms. The fourth-order valence-corrected chi connectivity index (χ4v) is 5.22. The molecule has 158 valence electrons. The normalized spacial score (nSPS) is 15.9. The van der Waals surface area contributed by atoms with E-state index in [0.717, 1.165) is 29.4 Å². The molecule has 0 aliphatic carbocycles. The summed E-state index contributed by atoms with van der Waals surface area (Å²) in [6.45, 7) is 6.62. The zero-order valence-corrected chi connectivity index (χ0v) is 18.1. The fraction of sp³-hybridized carbons (Fsp3) is 0.545. The Hall–Kier alpha value is -2.15. The Morgan fingerprint density at radius 3 is 2.52 bits per heavy atom. The Morgan fingerprint density at radius 1 is 1.21 bits per heavy atom. The molecule has 6 nitrogen and oxygen atoms in total. The topological polar surface area (TPSA) is 84.7 Å². The smallest absolute Gasteiger partial charge is 0.336 e. The maximum atomic E-state index is 12.8. The van der Waals surface area contributed by atoms with Crippen molar-refractivity contribution in [1.82, 2.24) is 4.90 Å². The van der Waals surface area contributed by atoms with Crippen LogP contribution in [0, 0.1) is 5.92 Å². The van der Waals surface area contributed by atoms with Gasteiger partial charge in [0, 0.05) is 24.5 Å². The third kappa shape index (κ3) is 5.07. The van der Waals surface area contributed by atoms with Gasteiger partial charge in [-0.1, -0.05) is 13.0 Å². The van der Waals surface area contributed by atoms with Gasteiger partial charge in [0.25, 0.3) is 0 Å². The molecule has 1 aromatic carbocycles. The number of rotatable bonds is 6. The van der Waals surface area contributed by atoms with Crippen molar-refractivity contribution < 1.29 is 17.6 Å². The van der Waals surface area contributed by atoms with E-state index < -0.39 is 9.84 Å². The lowest BCUT2D eigenvalue weighted by Crippen LogP contribution is -2.41. The van der Waals surface area contributed by atoms with Crippen LogP contribution in [-0.2, 0) is 27.5 Å². The lowest BCUT2D eigenvalue weighted by Gasteiger charge is -2.32. The van der Waals surface area contributed by atoms with Crippen molar-refractivity contribution in [2.24, 2.45) is 5.92 Å². The summed E-state index contributed by atoms with van der Waals surface area (Å²) < 4.78 is 29.6. The number of aryl methyl sites for hydroxylation is 1. The first kappa shape index (κ1) is 21.6. The van der Waals surface area contributed by atoms with E-state index in [9.17, 15) is 18.0 Å². The minimum absolute atomic E-state index is 0.0500. The zero-order chi connectivity index (χ0) is 21.2. The molecule has 1 fully saturated rings. The Balaban J connectivity index is 1.66. The number of benzene rings is 1. The van der Waals surface area contributed by atoms with Crippen molar-refractivity contribution in [3.63, 3.8) is 0 Å². The number of likely N-dealkylation sites (tertiary alicyclic amines) is 1. The number of hydrogen-bond donors (Lipinski definition) is 0. The summed E-state index contributed by atoms with van der Waals surface area (Å²) in [5.41, 5.74) is 2.03. The van der Waals surface area contributed by atoms with E-state index in [1.807, 2.05) is 24.0 Å². The first-order valence-electron chi connectivity index (χ1n) is 10.2. The van der Waals surface area contributed by atoms with Gasteiger partial charge in [-0.2, -0.15) is 0 Å². The van der Waals surface area contributed by atoms with Gasteiger partial charge in [-0.25, -0.2) is 13.2 Å². The number of fused-ring (bicyclic) bond motifs is 1. The predicted octanol–water partition coefficient (Wildman–Crippen LogP) is 2.96. The summed E-state index contributed by atoms with van der Waals surface area (Å²) >= 11 is 0. The minimum atomic E-state index is -3.05. The van der Waals surface area contributed by atoms with Crippen LogP contribution in [0.1, 0.15) is 44.7 Å². The van der Waals surface area contributed by atoms with Gasteiger partial charge in [-0.15, -0.1) is 0 Å². The molecule has 0 unspecified atom stereocenters.